The van der Waals surface area contributed by atoms with E-state index >= 15 is 0 Å². The van der Waals surface area contributed by atoms with Crippen molar-refractivity contribution in [3.63, 3.8) is 0 Å². The molecule has 78 valence electrons. The monoisotopic (exact) mass is 222 g/mol. The minimum Gasteiger partial charge on any atom is -0.478 e. The fourth-order valence-electron chi connectivity index (χ4n) is 1.09. The van der Waals surface area contributed by atoms with Gasteiger partial charge in [-0.05, 0) is 24.6 Å². The molecular weight excluding hydrogens is 212 g/mol. The third-order valence-electron chi connectivity index (χ3n) is 1.93. The Labute approximate surface area is 93.9 Å². The Balaban J connectivity index is 3.02. The highest BCUT2D eigenvalue weighted by Crippen LogP contribution is 2.10. The average Bonchev–Trinajstić information content (AvgIpc) is 2.20. The summed E-state index contributed by atoms with van der Waals surface area (Å²) in [5, 5.41) is 8.80. The Hall–Kier alpha value is -1.46. The smallest absolute Gasteiger partial charge is 0.335 e. The van der Waals surface area contributed by atoms with E-state index in [2.05, 4.69) is 11.8 Å². The van der Waals surface area contributed by atoms with Gasteiger partial charge in [0.2, 0.25) is 0 Å². The van der Waals surface area contributed by atoms with Crippen molar-refractivity contribution in [2.45, 2.75) is 13.3 Å². The van der Waals surface area contributed by atoms with Crippen LogP contribution in [0, 0.1) is 18.8 Å². The fraction of sp³-hybridized carbons (Fsp3) is 0.250. The van der Waals surface area contributed by atoms with E-state index in [4.69, 9.17) is 16.7 Å². The lowest BCUT2D eigenvalue weighted by Crippen LogP contribution is -1.97. The van der Waals surface area contributed by atoms with Gasteiger partial charge >= 0.3 is 5.97 Å². The third-order valence-corrected chi connectivity index (χ3v) is 2.12. The van der Waals surface area contributed by atoms with Crippen LogP contribution in [-0.4, -0.2) is 17.0 Å². The Kier molecular flexibility index (Phi) is 4.20. The summed E-state index contributed by atoms with van der Waals surface area (Å²) in [6, 6.07) is 4.91. The van der Waals surface area contributed by atoms with Gasteiger partial charge in [-0.25, -0.2) is 4.79 Å². The predicted octanol–water partition coefficient (Wildman–Crippen LogP) is 2.67. The normalized spacial score (nSPS) is 9.20. The number of hydrogen-bond donors (Lipinski definition) is 1. The van der Waals surface area contributed by atoms with Crippen LogP contribution in [0.2, 0.25) is 0 Å². The highest BCUT2D eigenvalue weighted by molar-refractivity contribution is 6.18. The zero-order valence-corrected chi connectivity index (χ0v) is 9.14. The maximum Gasteiger partial charge on any atom is 0.335 e. The minimum absolute atomic E-state index is 0.260. The number of rotatable bonds is 2. The quantitative estimate of drug-likeness (QED) is 0.617. The molecule has 0 aromatic heterocycles. The van der Waals surface area contributed by atoms with E-state index in [9.17, 15) is 4.79 Å². The number of aromatic carboxylic acids is 1. The van der Waals surface area contributed by atoms with E-state index in [1.807, 2.05) is 6.92 Å². The fourth-order valence-corrected chi connectivity index (χ4v) is 1.19. The molecular formula is C12H11ClO2. The summed E-state index contributed by atoms with van der Waals surface area (Å²) in [5.74, 6) is 5.35. The molecule has 1 N–H and O–H groups in total. The summed E-state index contributed by atoms with van der Waals surface area (Å²) in [5.41, 5.74) is 1.98. The predicted molar refractivity (Wildman–Crippen MR) is 60.4 cm³/mol. The van der Waals surface area contributed by atoms with Crippen LogP contribution >= 0.6 is 11.6 Å². The van der Waals surface area contributed by atoms with E-state index in [0.717, 1.165) is 11.1 Å². The maximum atomic E-state index is 10.7. The van der Waals surface area contributed by atoms with Crippen molar-refractivity contribution in [1.82, 2.24) is 0 Å². The molecule has 0 aliphatic heterocycles. The van der Waals surface area contributed by atoms with Gasteiger partial charge in [0.1, 0.15) is 0 Å². The molecule has 0 bridgehead atoms. The Morgan fingerprint density at radius 1 is 1.53 bits per heavy atom. The molecule has 1 rings (SSSR count). The summed E-state index contributed by atoms with van der Waals surface area (Å²) in [7, 11) is 0. The molecule has 0 spiro atoms. The number of aryl methyl sites for hydroxylation is 1. The SMILES string of the molecule is Cc1ccc(C(=O)O)cc1C#CCCCl. The molecule has 3 heteroatoms. The van der Waals surface area contributed by atoms with Gasteiger partial charge in [0.05, 0.1) is 5.56 Å². The third kappa shape index (κ3) is 3.30. The summed E-state index contributed by atoms with van der Waals surface area (Å²) < 4.78 is 0. The number of carbonyl (C=O) groups is 1. The Bertz CT molecular complexity index is 427. The van der Waals surface area contributed by atoms with Crippen molar-refractivity contribution in [1.29, 1.82) is 0 Å². The summed E-state index contributed by atoms with van der Waals surface area (Å²) in [6.07, 6.45) is 0.609. The Morgan fingerprint density at radius 3 is 2.87 bits per heavy atom. The lowest BCUT2D eigenvalue weighted by Gasteiger charge is -1.99. The highest BCUT2D eigenvalue weighted by Gasteiger charge is 2.03. The molecule has 0 saturated carbocycles. The first-order valence-corrected chi connectivity index (χ1v) is 5.07. The van der Waals surface area contributed by atoms with Gasteiger partial charge < -0.3 is 5.11 Å². The molecule has 1 aromatic carbocycles. The second-order valence-electron chi connectivity index (χ2n) is 3.08. The van der Waals surface area contributed by atoms with Crippen molar-refractivity contribution in [3.05, 3.63) is 34.9 Å². The molecule has 0 aliphatic carbocycles. The van der Waals surface area contributed by atoms with Crippen LogP contribution in [0.1, 0.15) is 27.9 Å². The Morgan fingerprint density at radius 2 is 2.27 bits per heavy atom. The molecule has 0 aliphatic rings. The largest absolute Gasteiger partial charge is 0.478 e. The van der Waals surface area contributed by atoms with Gasteiger partial charge in [-0.2, -0.15) is 0 Å². The lowest BCUT2D eigenvalue weighted by molar-refractivity contribution is 0.0697. The molecule has 0 heterocycles. The van der Waals surface area contributed by atoms with Crippen LogP contribution in [-0.2, 0) is 0 Å². The van der Waals surface area contributed by atoms with Gasteiger partial charge in [0.15, 0.2) is 0 Å². The molecule has 2 nitrogen and oxygen atoms in total. The van der Waals surface area contributed by atoms with Crippen LogP contribution in [0.4, 0.5) is 0 Å². The number of hydrogen-bond acceptors (Lipinski definition) is 1. The summed E-state index contributed by atoms with van der Waals surface area (Å²) in [6.45, 7) is 1.90. The van der Waals surface area contributed by atoms with E-state index in [0.29, 0.717) is 12.3 Å². The minimum atomic E-state index is -0.935. The number of carboxylic acids is 1. The van der Waals surface area contributed by atoms with Gasteiger partial charge in [0, 0.05) is 17.9 Å². The maximum absolute atomic E-state index is 10.7. The van der Waals surface area contributed by atoms with Crippen molar-refractivity contribution < 1.29 is 9.90 Å². The first kappa shape index (κ1) is 11.6. The molecule has 1 aromatic rings. The lowest BCUT2D eigenvalue weighted by atomic mass is 10.1. The molecule has 0 atom stereocenters. The molecule has 0 unspecified atom stereocenters. The molecule has 0 amide bonds. The first-order valence-electron chi connectivity index (χ1n) is 4.54. The molecule has 0 fully saturated rings. The zero-order valence-electron chi connectivity index (χ0n) is 8.38. The number of halogens is 1. The van der Waals surface area contributed by atoms with Gasteiger partial charge in [-0.1, -0.05) is 17.9 Å². The zero-order chi connectivity index (χ0) is 11.3. The summed E-state index contributed by atoms with van der Waals surface area (Å²) in [4.78, 5) is 10.7. The van der Waals surface area contributed by atoms with Gasteiger partial charge in [-0.15, -0.1) is 11.6 Å². The van der Waals surface area contributed by atoms with Crippen molar-refractivity contribution in [3.8, 4) is 11.8 Å². The van der Waals surface area contributed by atoms with Crippen molar-refractivity contribution >= 4 is 17.6 Å². The van der Waals surface area contributed by atoms with E-state index in [1.165, 1.54) is 0 Å². The number of alkyl halides is 1. The van der Waals surface area contributed by atoms with Gasteiger partial charge in [0.25, 0.3) is 0 Å². The highest BCUT2D eigenvalue weighted by atomic mass is 35.5. The number of benzene rings is 1. The van der Waals surface area contributed by atoms with E-state index in [1.54, 1.807) is 18.2 Å². The van der Waals surface area contributed by atoms with Crippen LogP contribution in [0.25, 0.3) is 0 Å². The standard InChI is InChI=1S/C12H11ClO2/c1-9-5-6-11(12(14)15)8-10(9)4-2-3-7-13/h5-6,8H,3,7H2,1H3,(H,14,15). The topological polar surface area (TPSA) is 37.3 Å². The van der Waals surface area contributed by atoms with Crippen LogP contribution < -0.4 is 0 Å². The second-order valence-corrected chi connectivity index (χ2v) is 3.45. The average molecular weight is 223 g/mol. The first-order chi connectivity index (χ1) is 7.15. The molecule has 15 heavy (non-hydrogen) atoms. The molecule has 0 saturated heterocycles. The van der Waals surface area contributed by atoms with E-state index in [-0.39, 0.29) is 5.56 Å². The number of carboxylic acid groups (broad SMARTS) is 1. The van der Waals surface area contributed by atoms with Crippen molar-refractivity contribution in [2.75, 3.05) is 5.88 Å². The summed E-state index contributed by atoms with van der Waals surface area (Å²) >= 11 is 5.49. The van der Waals surface area contributed by atoms with Gasteiger partial charge in [-0.3, -0.25) is 0 Å². The van der Waals surface area contributed by atoms with Crippen LogP contribution in [0.3, 0.4) is 0 Å². The van der Waals surface area contributed by atoms with E-state index < -0.39 is 5.97 Å². The second kappa shape index (κ2) is 5.43. The van der Waals surface area contributed by atoms with Crippen molar-refractivity contribution in [2.24, 2.45) is 0 Å². The van der Waals surface area contributed by atoms with Crippen LogP contribution in [0.5, 0.6) is 0 Å². The molecule has 0 radical (unpaired) electrons. The van der Waals surface area contributed by atoms with Crippen LogP contribution in [0.15, 0.2) is 18.2 Å².